The average Bonchev–Trinajstić information content (AvgIpc) is 3.32. The summed E-state index contributed by atoms with van der Waals surface area (Å²) in [6.45, 7) is 2.69. The minimum Gasteiger partial charge on any atom is -0.411 e. The maximum atomic E-state index is 13.3. The zero-order valence-electron chi connectivity index (χ0n) is 19.0. The van der Waals surface area contributed by atoms with E-state index in [0.29, 0.717) is 18.8 Å². The van der Waals surface area contributed by atoms with E-state index in [1.807, 2.05) is 11.9 Å². The molecule has 190 valence electrons. The fraction of sp³-hybridized carbons (Fsp3) is 0.318. The quantitative estimate of drug-likeness (QED) is 0.277. The van der Waals surface area contributed by atoms with Crippen molar-refractivity contribution in [3.8, 4) is 11.5 Å². The van der Waals surface area contributed by atoms with Crippen molar-refractivity contribution in [2.45, 2.75) is 11.4 Å². The Kier molecular flexibility index (Phi) is 7.45. The molecule has 1 N–H and O–H groups in total. The first-order valence-electron chi connectivity index (χ1n) is 10.8. The summed E-state index contributed by atoms with van der Waals surface area (Å²) in [5.74, 6) is -0.877. The molecule has 1 saturated heterocycles. The summed E-state index contributed by atoms with van der Waals surface area (Å²) in [4.78, 5) is 27.3. The number of piperazine rings is 1. The second-order valence-electron chi connectivity index (χ2n) is 8.00. The molecule has 0 aliphatic carbocycles. The number of likely N-dealkylation sites (N-methyl/N-ethyl adjacent to an activating group) is 1. The summed E-state index contributed by atoms with van der Waals surface area (Å²) >= 11 is 0.864. The minimum absolute atomic E-state index is 0.0124. The van der Waals surface area contributed by atoms with Gasteiger partial charge >= 0.3 is 6.18 Å². The fourth-order valence-corrected chi connectivity index (χ4v) is 4.20. The lowest BCUT2D eigenvalue weighted by Crippen LogP contribution is -2.44. The van der Waals surface area contributed by atoms with Crippen LogP contribution in [0.4, 0.5) is 30.2 Å². The number of carbonyl (C=O) groups excluding carboxylic acids is 1. The predicted molar refractivity (Wildman–Crippen MR) is 127 cm³/mol. The lowest BCUT2D eigenvalue weighted by Gasteiger charge is -2.35. The number of hydrogen-bond donors (Lipinski definition) is 1. The van der Waals surface area contributed by atoms with E-state index in [-0.39, 0.29) is 33.8 Å². The van der Waals surface area contributed by atoms with Crippen LogP contribution >= 0.6 is 11.8 Å². The third-order valence-electron chi connectivity index (χ3n) is 5.51. The number of nitro groups is 1. The number of nitro benzene ring substituents is 1. The zero-order valence-corrected chi connectivity index (χ0v) is 19.8. The topological polar surface area (TPSA) is 118 Å². The first-order chi connectivity index (χ1) is 17.1. The Morgan fingerprint density at radius 1 is 1.17 bits per heavy atom. The van der Waals surface area contributed by atoms with Crippen LogP contribution in [0.15, 0.2) is 52.1 Å². The van der Waals surface area contributed by atoms with Crippen LogP contribution in [0.3, 0.4) is 0 Å². The SMILES string of the molecule is CN1CCN(c2ccc(C(F)(F)F)cc2NC(=O)CSc2nnc(-c3ccccc3[N+](=O)[O-])o2)CC1. The summed E-state index contributed by atoms with van der Waals surface area (Å²) in [6, 6.07) is 9.14. The second-order valence-corrected chi connectivity index (χ2v) is 8.93. The number of thioether (sulfide) groups is 1. The lowest BCUT2D eigenvalue weighted by atomic mass is 10.1. The Labute approximate surface area is 207 Å². The molecule has 36 heavy (non-hydrogen) atoms. The molecule has 1 aromatic heterocycles. The van der Waals surface area contributed by atoms with Crippen molar-refractivity contribution in [3.05, 3.63) is 58.1 Å². The number of carbonyl (C=O) groups is 1. The molecule has 10 nitrogen and oxygen atoms in total. The van der Waals surface area contributed by atoms with Crippen molar-refractivity contribution in [1.29, 1.82) is 0 Å². The fourth-order valence-electron chi connectivity index (χ4n) is 3.64. The third kappa shape index (κ3) is 5.94. The van der Waals surface area contributed by atoms with Crippen LogP contribution in [0.5, 0.6) is 0 Å². The molecule has 0 atom stereocenters. The van der Waals surface area contributed by atoms with Crippen molar-refractivity contribution in [1.82, 2.24) is 15.1 Å². The Hall–Kier alpha value is -3.65. The van der Waals surface area contributed by atoms with Gasteiger partial charge in [-0.25, -0.2) is 0 Å². The Balaban J connectivity index is 1.47. The molecule has 1 aliphatic heterocycles. The maximum Gasteiger partial charge on any atom is 0.416 e. The first kappa shape index (κ1) is 25.4. The highest BCUT2D eigenvalue weighted by molar-refractivity contribution is 7.99. The molecule has 0 saturated carbocycles. The minimum atomic E-state index is -4.56. The molecule has 2 heterocycles. The molecule has 14 heteroatoms. The Bertz CT molecular complexity index is 1260. The molecule has 1 aliphatic rings. The van der Waals surface area contributed by atoms with Crippen molar-refractivity contribution in [3.63, 3.8) is 0 Å². The molecular formula is C22H21F3N6O4S. The lowest BCUT2D eigenvalue weighted by molar-refractivity contribution is -0.384. The van der Waals surface area contributed by atoms with Crippen LogP contribution in [0.2, 0.25) is 0 Å². The number of anilines is 2. The van der Waals surface area contributed by atoms with Gasteiger partial charge in [-0.2, -0.15) is 13.2 Å². The number of hydrogen-bond acceptors (Lipinski definition) is 9. The van der Waals surface area contributed by atoms with Crippen molar-refractivity contribution in [2.24, 2.45) is 0 Å². The number of benzene rings is 2. The van der Waals surface area contributed by atoms with E-state index in [1.54, 1.807) is 6.07 Å². The van der Waals surface area contributed by atoms with Gasteiger partial charge in [0.2, 0.25) is 5.91 Å². The molecule has 1 fully saturated rings. The first-order valence-corrected chi connectivity index (χ1v) is 11.7. The molecule has 0 unspecified atom stereocenters. The number of rotatable bonds is 7. The van der Waals surface area contributed by atoms with Crippen LogP contribution in [-0.2, 0) is 11.0 Å². The van der Waals surface area contributed by atoms with Gasteiger partial charge in [-0.1, -0.05) is 23.9 Å². The monoisotopic (exact) mass is 522 g/mol. The molecule has 0 radical (unpaired) electrons. The number of alkyl halides is 3. The van der Waals surface area contributed by atoms with Gasteiger partial charge in [0.1, 0.15) is 5.56 Å². The zero-order chi connectivity index (χ0) is 25.9. The van der Waals surface area contributed by atoms with E-state index in [9.17, 15) is 28.1 Å². The standard InChI is InChI=1S/C22H21F3N6O4S/c1-29-8-10-30(11-9-29)18-7-6-14(22(23,24)25)12-16(18)26-19(32)13-36-21-28-27-20(35-21)15-4-2-3-5-17(15)31(33)34/h2-7,12H,8-11,13H2,1H3,(H,26,32). The largest absolute Gasteiger partial charge is 0.416 e. The number of halogens is 3. The van der Waals surface area contributed by atoms with Gasteiger partial charge < -0.3 is 19.5 Å². The Morgan fingerprint density at radius 2 is 1.89 bits per heavy atom. The average molecular weight is 523 g/mol. The van der Waals surface area contributed by atoms with E-state index in [4.69, 9.17) is 4.42 Å². The van der Waals surface area contributed by atoms with Gasteiger partial charge in [0.05, 0.1) is 27.6 Å². The summed E-state index contributed by atoms with van der Waals surface area (Å²) in [7, 11) is 1.96. The van der Waals surface area contributed by atoms with Crippen molar-refractivity contribution >= 4 is 34.7 Å². The summed E-state index contributed by atoms with van der Waals surface area (Å²) in [5, 5.41) is 21.4. The molecule has 1 amide bonds. The normalized spacial score (nSPS) is 14.6. The van der Waals surface area contributed by atoms with Gasteiger partial charge in [-0.05, 0) is 31.3 Å². The van der Waals surface area contributed by atoms with Crippen molar-refractivity contribution < 1.29 is 27.3 Å². The van der Waals surface area contributed by atoms with Crippen LogP contribution in [0, 0.1) is 10.1 Å². The van der Waals surface area contributed by atoms with E-state index < -0.39 is 22.6 Å². The number of aromatic nitrogens is 2. The molecular weight excluding hydrogens is 501 g/mol. The smallest absolute Gasteiger partial charge is 0.411 e. The molecule has 3 aromatic rings. The summed E-state index contributed by atoms with van der Waals surface area (Å²) in [6.07, 6.45) is -4.56. The highest BCUT2D eigenvalue weighted by Gasteiger charge is 2.32. The molecule has 0 spiro atoms. The third-order valence-corrected chi connectivity index (χ3v) is 6.32. The van der Waals surface area contributed by atoms with Gasteiger partial charge in [-0.15, -0.1) is 10.2 Å². The molecule has 2 aromatic carbocycles. The maximum absolute atomic E-state index is 13.3. The molecule has 0 bridgehead atoms. The number of amides is 1. The summed E-state index contributed by atoms with van der Waals surface area (Å²) < 4.78 is 45.4. The number of para-hydroxylation sites is 1. The van der Waals surface area contributed by atoms with Gasteiger partial charge in [0, 0.05) is 32.2 Å². The highest BCUT2D eigenvalue weighted by atomic mass is 32.2. The van der Waals surface area contributed by atoms with Crippen molar-refractivity contribution in [2.75, 3.05) is 49.2 Å². The van der Waals surface area contributed by atoms with Crippen LogP contribution in [-0.4, -0.2) is 64.9 Å². The van der Waals surface area contributed by atoms with E-state index >= 15 is 0 Å². The van der Waals surface area contributed by atoms with E-state index in [2.05, 4.69) is 20.4 Å². The number of nitrogens with one attached hydrogen (secondary N) is 1. The van der Waals surface area contributed by atoms with Crippen LogP contribution in [0.25, 0.3) is 11.5 Å². The van der Waals surface area contributed by atoms with Gasteiger partial charge in [-0.3, -0.25) is 14.9 Å². The highest BCUT2D eigenvalue weighted by Crippen LogP contribution is 2.36. The number of nitrogens with zero attached hydrogens (tertiary/aromatic N) is 5. The van der Waals surface area contributed by atoms with Crippen LogP contribution in [0.1, 0.15) is 5.56 Å². The van der Waals surface area contributed by atoms with Gasteiger partial charge in [0.15, 0.2) is 0 Å². The second kappa shape index (κ2) is 10.5. The summed E-state index contributed by atoms with van der Waals surface area (Å²) in [5.41, 5.74) is -0.380. The van der Waals surface area contributed by atoms with E-state index in [0.717, 1.165) is 37.0 Å². The Morgan fingerprint density at radius 3 is 2.58 bits per heavy atom. The predicted octanol–water partition coefficient (Wildman–Crippen LogP) is 4.15. The van der Waals surface area contributed by atoms with E-state index in [1.165, 1.54) is 24.3 Å². The molecule has 4 rings (SSSR count). The van der Waals surface area contributed by atoms with Crippen LogP contribution < -0.4 is 10.2 Å². The van der Waals surface area contributed by atoms with Gasteiger partial charge in [0.25, 0.3) is 16.8 Å².